The number of hydrogen-bond donors (Lipinski definition) is 1. The van der Waals surface area contributed by atoms with E-state index in [-0.39, 0.29) is 17.3 Å². The van der Waals surface area contributed by atoms with Gasteiger partial charge in [0.25, 0.3) is 10.0 Å². The van der Waals surface area contributed by atoms with Gasteiger partial charge in [0.2, 0.25) is 5.91 Å². The Morgan fingerprint density at radius 3 is 2.33 bits per heavy atom. The van der Waals surface area contributed by atoms with Gasteiger partial charge >= 0.3 is 0 Å². The second kappa shape index (κ2) is 9.59. The highest BCUT2D eigenvalue weighted by Crippen LogP contribution is 2.27. The Hall–Kier alpha value is -3.12. The number of carbonyl (C=O) groups excluding carboxylic acids is 1. The highest BCUT2D eigenvalue weighted by molar-refractivity contribution is 7.92. The van der Waals surface area contributed by atoms with Gasteiger partial charge in [0.1, 0.15) is 6.54 Å². The summed E-state index contributed by atoms with van der Waals surface area (Å²) >= 11 is 0. The number of aryl methyl sites for hydroxylation is 2. The number of rotatable bonds is 8. The van der Waals surface area contributed by atoms with E-state index >= 15 is 0 Å². The molecule has 0 fully saturated rings. The molecule has 0 saturated carbocycles. The second-order valence-corrected chi connectivity index (χ2v) is 8.94. The zero-order valence-corrected chi connectivity index (χ0v) is 18.0. The van der Waals surface area contributed by atoms with Crippen molar-refractivity contribution in [2.24, 2.45) is 0 Å². The molecule has 156 valence electrons. The number of nitrogens with zero attached hydrogens (tertiary/aromatic N) is 1. The summed E-state index contributed by atoms with van der Waals surface area (Å²) in [4.78, 5) is 12.9. The molecule has 0 aliphatic heterocycles. The Morgan fingerprint density at radius 2 is 1.63 bits per heavy atom. The first kappa shape index (κ1) is 21.6. The summed E-state index contributed by atoms with van der Waals surface area (Å²) in [5.74, 6) is -0.359. The van der Waals surface area contributed by atoms with Crippen molar-refractivity contribution in [3.05, 3.63) is 95.6 Å². The summed E-state index contributed by atoms with van der Waals surface area (Å²) in [7, 11) is -3.90. The van der Waals surface area contributed by atoms with Gasteiger partial charge in [-0.3, -0.25) is 9.10 Å². The molecule has 3 rings (SSSR count). The molecular weight excluding hydrogens is 396 g/mol. The Bertz CT molecular complexity index is 1110. The van der Waals surface area contributed by atoms with E-state index in [0.717, 1.165) is 16.7 Å². The number of hydrogen-bond acceptors (Lipinski definition) is 3. The third-order valence-corrected chi connectivity index (χ3v) is 6.61. The fourth-order valence-electron chi connectivity index (χ4n) is 3.28. The van der Waals surface area contributed by atoms with E-state index in [4.69, 9.17) is 0 Å². The average molecular weight is 423 g/mol. The largest absolute Gasteiger partial charge is 0.350 e. The van der Waals surface area contributed by atoms with Crippen molar-refractivity contribution >= 4 is 21.6 Å². The molecule has 0 bridgehead atoms. The van der Waals surface area contributed by atoms with Crippen molar-refractivity contribution in [2.75, 3.05) is 10.8 Å². The molecule has 0 aliphatic rings. The molecule has 3 aromatic carbocycles. The van der Waals surface area contributed by atoms with Gasteiger partial charge in [0.15, 0.2) is 0 Å². The minimum Gasteiger partial charge on any atom is -0.350 e. The molecule has 1 amide bonds. The van der Waals surface area contributed by atoms with Crippen LogP contribution in [-0.4, -0.2) is 20.9 Å². The lowest BCUT2D eigenvalue weighted by Gasteiger charge is -2.26. The first-order valence-corrected chi connectivity index (χ1v) is 11.3. The van der Waals surface area contributed by atoms with Crippen molar-refractivity contribution in [1.29, 1.82) is 0 Å². The zero-order chi connectivity index (χ0) is 21.6. The SMILES string of the molecule is CCc1ccccc1N(CC(=O)NCc1cccc(C)c1)S(=O)(=O)c1ccccc1. The fourth-order valence-corrected chi connectivity index (χ4v) is 4.76. The van der Waals surface area contributed by atoms with Crippen LogP contribution in [0.2, 0.25) is 0 Å². The summed E-state index contributed by atoms with van der Waals surface area (Å²) < 4.78 is 28.0. The highest BCUT2D eigenvalue weighted by Gasteiger charge is 2.28. The van der Waals surface area contributed by atoms with Crippen LogP contribution in [0.5, 0.6) is 0 Å². The molecule has 0 radical (unpaired) electrons. The van der Waals surface area contributed by atoms with Crippen LogP contribution >= 0.6 is 0 Å². The standard InChI is InChI=1S/C24H26N2O3S/c1-3-21-12-7-8-15-23(21)26(30(28,29)22-13-5-4-6-14-22)18-24(27)25-17-20-11-9-10-19(2)16-20/h4-16H,3,17-18H2,1-2H3,(H,25,27). The van der Waals surface area contributed by atoms with Crippen LogP contribution in [0.15, 0.2) is 83.8 Å². The minimum absolute atomic E-state index is 0.155. The molecule has 0 spiro atoms. The lowest BCUT2D eigenvalue weighted by molar-refractivity contribution is -0.119. The number of para-hydroxylation sites is 1. The topological polar surface area (TPSA) is 66.5 Å². The number of amides is 1. The maximum absolute atomic E-state index is 13.4. The number of carbonyl (C=O) groups is 1. The van der Waals surface area contributed by atoms with Gasteiger partial charge in [-0.2, -0.15) is 0 Å². The Balaban J connectivity index is 1.89. The lowest BCUT2D eigenvalue weighted by Crippen LogP contribution is -2.41. The molecule has 6 heteroatoms. The van der Waals surface area contributed by atoms with E-state index in [1.165, 1.54) is 4.31 Å². The normalized spacial score (nSPS) is 11.1. The highest BCUT2D eigenvalue weighted by atomic mass is 32.2. The number of anilines is 1. The van der Waals surface area contributed by atoms with Crippen LogP contribution in [0.1, 0.15) is 23.6 Å². The van der Waals surface area contributed by atoms with Gasteiger partial charge in [-0.15, -0.1) is 0 Å². The van der Waals surface area contributed by atoms with E-state index in [0.29, 0.717) is 18.7 Å². The van der Waals surface area contributed by atoms with Crippen LogP contribution in [0, 0.1) is 6.92 Å². The monoisotopic (exact) mass is 422 g/mol. The minimum atomic E-state index is -3.90. The second-order valence-electron chi connectivity index (χ2n) is 7.07. The predicted molar refractivity (Wildman–Crippen MR) is 120 cm³/mol. The average Bonchev–Trinajstić information content (AvgIpc) is 2.76. The van der Waals surface area contributed by atoms with E-state index in [1.807, 2.05) is 50.2 Å². The van der Waals surface area contributed by atoms with Gasteiger partial charge in [-0.1, -0.05) is 73.2 Å². The Labute approximate surface area is 178 Å². The molecule has 0 heterocycles. The molecule has 1 N–H and O–H groups in total. The molecule has 0 aliphatic carbocycles. The van der Waals surface area contributed by atoms with Gasteiger partial charge < -0.3 is 5.32 Å². The fraction of sp³-hybridized carbons (Fsp3) is 0.208. The Morgan fingerprint density at radius 1 is 0.933 bits per heavy atom. The third kappa shape index (κ3) is 5.07. The molecular formula is C24H26N2O3S. The summed E-state index contributed by atoms with van der Waals surface area (Å²) in [5.41, 5.74) is 3.46. The molecule has 5 nitrogen and oxygen atoms in total. The van der Waals surface area contributed by atoms with Gasteiger partial charge in [0.05, 0.1) is 10.6 Å². The maximum Gasteiger partial charge on any atom is 0.264 e. The molecule has 0 aromatic heterocycles. The van der Waals surface area contributed by atoms with Crippen molar-refractivity contribution in [3.8, 4) is 0 Å². The van der Waals surface area contributed by atoms with Crippen molar-refractivity contribution in [2.45, 2.75) is 31.7 Å². The quantitative estimate of drug-likeness (QED) is 0.595. The van der Waals surface area contributed by atoms with Crippen LogP contribution in [0.4, 0.5) is 5.69 Å². The van der Waals surface area contributed by atoms with Crippen LogP contribution in [0.3, 0.4) is 0 Å². The number of benzene rings is 3. The maximum atomic E-state index is 13.4. The van der Waals surface area contributed by atoms with E-state index in [1.54, 1.807) is 42.5 Å². The van der Waals surface area contributed by atoms with Gasteiger partial charge in [-0.05, 0) is 42.7 Å². The van der Waals surface area contributed by atoms with Crippen molar-refractivity contribution < 1.29 is 13.2 Å². The molecule has 0 unspecified atom stereocenters. The number of sulfonamides is 1. The zero-order valence-electron chi connectivity index (χ0n) is 17.2. The smallest absolute Gasteiger partial charge is 0.264 e. The first-order valence-electron chi connectivity index (χ1n) is 9.89. The summed E-state index contributed by atoms with van der Waals surface area (Å²) in [6.07, 6.45) is 0.655. The molecule has 0 saturated heterocycles. The number of nitrogens with one attached hydrogen (secondary N) is 1. The summed E-state index contributed by atoms with van der Waals surface area (Å²) in [5, 5.41) is 2.84. The molecule has 3 aromatic rings. The van der Waals surface area contributed by atoms with Crippen LogP contribution in [-0.2, 0) is 27.8 Å². The van der Waals surface area contributed by atoms with E-state index < -0.39 is 10.0 Å². The predicted octanol–water partition coefficient (Wildman–Crippen LogP) is 4.07. The van der Waals surface area contributed by atoms with E-state index in [9.17, 15) is 13.2 Å². The summed E-state index contributed by atoms with van der Waals surface area (Å²) in [6, 6.07) is 23.3. The van der Waals surface area contributed by atoms with Crippen LogP contribution < -0.4 is 9.62 Å². The van der Waals surface area contributed by atoms with Crippen molar-refractivity contribution in [3.63, 3.8) is 0 Å². The summed E-state index contributed by atoms with van der Waals surface area (Å²) in [6.45, 7) is 4.00. The molecule has 0 atom stereocenters. The van der Waals surface area contributed by atoms with Gasteiger partial charge in [0, 0.05) is 6.54 Å². The Kier molecular flexibility index (Phi) is 6.90. The van der Waals surface area contributed by atoms with Crippen molar-refractivity contribution in [1.82, 2.24) is 5.32 Å². The van der Waals surface area contributed by atoms with Gasteiger partial charge in [-0.25, -0.2) is 8.42 Å². The third-order valence-electron chi connectivity index (χ3n) is 4.83. The van der Waals surface area contributed by atoms with E-state index in [2.05, 4.69) is 5.32 Å². The van der Waals surface area contributed by atoms with Crippen LogP contribution in [0.25, 0.3) is 0 Å². The first-order chi connectivity index (χ1) is 14.4. The molecule has 30 heavy (non-hydrogen) atoms. The lowest BCUT2D eigenvalue weighted by atomic mass is 10.1.